The van der Waals surface area contributed by atoms with E-state index in [0.717, 1.165) is 19.3 Å². The number of rotatable bonds is 5. The molecular formula is C11H19ClN4O2S. The summed E-state index contributed by atoms with van der Waals surface area (Å²) >= 11 is 5.92. The van der Waals surface area contributed by atoms with Crippen molar-refractivity contribution >= 4 is 21.6 Å². The fourth-order valence-corrected chi connectivity index (χ4v) is 3.78. The smallest absolute Gasteiger partial charge is 0.261 e. The van der Waals surface area contributed by atoms with Gasteiger partial charge in [-0.05, 0) is 33.4 Å². The van der Waals surface area contributed by atoms with Crippen LogP contribution < -0.4 is 4.72 Å². The summed E-state index contributed by atoms with van der Waals surface area (Å²) < 4.78 is 28.5. The van der Waals surface area contributed by atoms with Crippen molar-refractivity contribution in [2.24, 2.45) is 7.05 Å². The first-order chi connectivity index (χ1) is 8.78. The van der Waals surface area contributed by atoms with Gasteiger partial charge in [0.25, 0.3) is 10.0 Å². The quantitative estimate of drug-likeness (QED) is 0.875. The van der Waals surface area contributed by atoms with Crippen molar-refractivity contribution in [2.75, 3.05) is 20.6 Å². The summed E-state index contributed by atoms with van der Waals surface area (Å²) in [5, 5.41) is 0.0184. The van der Waals surface area contributed by atoms with E-state index < -0.39 is 10.0 Å². The van der Waals surface area contributed by atoms with Crippen LogP contribution in [0.5, 0.6) is 0 Å². The number of hydrogen-bond acceptors (Lipinski definition) is 4. The van der Waals surface area contributed by atoms with Crippen molar-refractivity contribution in [1.82, 2.24) is 19.2 Å². The van der Waals surface area contributed by atoms with Gasteiger partial charge >= 0.3 is 0 Å². The number of aromatic nitrogens is 2. The highest BCUT2D eigenvalue weighted by atomic mass is 35.5. The molecule has 0 spiro atoms. The summed E-state index contributed by atoms with van der Waals surface area (Å²) in [4.78, 5) is 5.93. The molecule has 1 N–H and O–H groups in total. The lowest BCUT2D eigenvalue weighted by molar-refractivity contribution is 0.0656. The second-order valence-electron chi connectivity index (χ2n) is 5.25. The highest BCUT2D eigenvalue weighted by Gasteiger charge is 2.40. The molecule has 1 saturated carbocycles. The van der Waals surface area contributed by atoms with Gasteiger partial charge < -0.3 is 9.47 Å². The van der Waals surface area contributed by atoms with Gasteiger partial charge in [-0.2, -0.15) is 0 Å². The van der Waals surface area contributed by atoms with E-state index in [1.807, 2.05) is 14.1 Å². The zero-order valence-electron chi connectivity index (χ0n) is 11.4. The van der Waals surface area contributed by atoms with Crippen molar-refractivity contribution in [3.05, 3.63) is 11.5 Å². The molecule has 0 aromatic carbocycles. The van der Waals surface area contributed by atoms with E-state index in [2.05, 4.69) is 14.6 Å². The van der Waals surface area contributed by atoms with Gasteiger partial charge in [0.15, 0.2) is 0 Å². The molecule has 0 unspecified atom stereocenters. The molecule has 0 amide bonds. The number of sulfonamides is 1. The Labute approximate surface area is 118 Å². The normalized spacial score (nSPS) is 18.6. The Hall–Kier alpha value is -0.630. The van der Waals surface area contributed by atoms with E-state index in [9.17, 15) is 8.42 Å². The lowest BCUT2D eigenvalue weighted by Gasteiger charge is -2.47. The van der Waals surface area contributed by atoms with Crippen LogP contribution in [0.1, 0.15) is 19.3 Å². The largest absolute Gasteiger partial charge is 0.324 e. The summed E-state index contributed by atoms with van der Waals surface area (Å²) in [5.41, 5.74) is -0.0751. The Morgan fingerprint density at radius 1 is 1.53 bits per heavy atom. The van der Waals surface area contributed by atoms with Crippen LogP contribution >= 0.6 is 11.6 Å². The van der Waals surface area contributed by atoms with Crippen LogP contribution in [0.15, 0.2) is 11.4 Å². The first kappa shape index (κ1) is 14.8. The zero-order valence-corrected chi connectivity index (χ0v) is 12.9. The van der Waals surface area contributed by atoms with Crippen LogP contribution in [0.25, 0.3) is 0 Å². The molecule has 1 aromatic heterocycles. The monoisotopic (exact) mass is 306 g/mol. The molecule has 108 valence electrons. The molecule has 0 bridgehead atoms. The minimum absolute atomic E-state index is 0.0751. The number of likely N-dealkylation sites (N-methyl/N-ethyl adjacent to an activating group) is 1. The van der Waals surface area contributed by atoms with Crippen molar-refractivity contribution in [3.63, 3.8) is 0 Å². The van der Waals surface area contributed by atoms with Crippen LogP contribution in [0, 0.1) is 0 Å². The first-order valence-electron chi connectivity index (χ1n) is 6.12. The highest BCUT2D eigenvalue weighted by molar-refractivity contribution is 7.89. The predicted molar refractivity (Wildman–Crippen MR) is 73.7 cm³/mol. The molecule has 1 aliphatic rings. The maximum atomic E-state index is 12.2. The topological polar surface area (TPSA) is 67.2 Å². The van der Waals surface area contributed by atoms with Gasteiger partial charge in [0.05, 0.1) is 6.33 Å². The molecule has 1 fully saturated rings. The summed E-state index contributed by atoms with van der Waals surface area (Å²) in [6, 6.07) is 0. The minimum atomic E-state index is -3.65. The van der Waals surface area contributed by atoms with Crippen LogP contribution in [-0.4, -0.2) is 49.0 Å². The summed E-state index contributed by atoms with van der Waals surface area (Å²) in [6.45, 7) is 0.384. The van der Waals surface area contributed by atoms with Crippen LogP contribution in [0.2, 0.25) is 5.15 Å². The van der Waals surface area contributed by atoms with E-state index in [-0.39, 0.29) is 15.7 Å². The third-order valence-electron chi connectivity index (χ3n) is 3.91. The summed E-state index contributed by atoms with van der Waals surface area (Å²) in [7, 11) is 1.95. The van der Waals surface area contributed by atoms with Gasteiger partial charge in [-0.25, -0.2) is 18.1 Å². The number of hydrogen-bond donors (Lipinski definition) is 1. The van der Waals surface area contributed by atoms with Gasteiger partial charge in [0.2, 0.25) is 5.03 Å². The molecule has 1 aliphatic carbocycles. The third-order valence-corrected chi connectivity index (χ3v) is 5.80. The third kappa shape index (κ3) is 2.65. The van der Waals surface area contributed by atoms with Crippen LogP contribution in [-0.2, 0) is 17.1 Å². The van der Waals surface area contributed by atoms with Crippen LogP contribution in [0.4, 0.5) is 0 Å². The van der Waals surface area contributed by atoms with Crippen molar-refractivity contribution in [2.45, 2.75) is 29.8 Å². The highest BCUT2D eigenvalue weighted by Crippen LogP contribution is 2.35. The van der Waals surface area contributed by atoms with Gasteiger partial charge in [-0.3, -0.25) is 0 Å². The van der Waals surface area contributed by atoms with E-state index in [4.69, 9.17) is 11.6 Å². The minimum Gasteiger partial charge on any atom is -0.324 e. The number of imidazole rings is 1. The molecule has 19 heavy (non-hydrogen) atoms. The Morgan fingerprint density at radius 3 is 2.53 bits per heavy atom. The molecule has 1 aromatic rings. The van der Waals surface area contributed by atoms with E-state index in [1.165, 1.54) is 10.9 Å². The van der Waals surface area contributed by atoms with Gasteiger partial charge in [0, 0.05) is 19.1 Å². The van der Waals surface area contributed by atoms with E-state index >= 15 is 0 Å². The van der Waals surface area contributed by atoms with Gasteiger partial charge in [-0.15, -0.1) is 0 Å². The molecule has 2 rings (SSSR count). The lowest BCUT2D eigenvalue weighted by atomic mass is 9.76. The summed E-state index contributed by atoms with van der Waals surface area (Å²) in [6.07, 6.45) is 4.52. The molecule has 0 radical (unpaired) electrons. The van der Waals surface area contributed by atoms with Crippen LogP contribution in [0.3, 0.4) is 0 Å². The zero-order chi connectivity index (χ0) is 14.3. The Balaban J connectivity index is 2.12. The average Bonchev–Trinajstić information content (AvgIpc) is 2.58. The standard InChI is InChI=1S/C11H19ClN4O2S/c1-15(2)11(5-4-6-11)7-14-19(17,18)10-9(12)16(3)8-13-10/h8,14H,4-7H2,1-3H3. The van der Waals surface area contributed by atoms with Gasteiger partial charge in [0.1, 0.15) is 5.15 Å². The second kappa shape index (κ2) is 5.05. The van der Waals surface area contributed by atoms with Crippen molar-refractivity contribution in [1.29, 1.82) is 0 Å². The van der Waals surface area contributed by atoms with Gasteiger partial charge in [-0.1, -0.05) is 11.6 Å². The first-order valence-corrected chi connectivity index (χ1v) is 7.98. The second-order valence-corrected chi connectivity index (χ2v) is 7.29. The van der Waals surface area contributed by atoms with E-state index in [1.54, 1.807) is 7.05 Å². The SMILES string of the molecule is CN(C)C1(CNS(=O)(=O)c2ncn(C)c2Cl)CCC1. The molecule has 1 heterocycles. The number of aryl methyl sites for hydroxylation is 1. The fourth-order valence-electron chi connectivity index (χ4n) is 2.24. The Kier molecular flexibility index (Phi) is 3.92. The Morgan fingerprint density at radius 2 is 2.16 bits per heavy atom. The molecule has 0 atom stereocenters. The Bertz CT molecular complexity index is 563. The number of nitrogens with one attached hydrogen (secondary N) is 1. The fraction of sp³-hybridized carbons (Fsp3) is 0.727. The van der Waals surface area contributed by atoms with E-state index in [0.29, 0.717) is 6.54 Å². The number of halogens is 1. The van der Waals surface area contributed by atoms with Crippen molar-refractivity contribution < 1.29 is 8.42 Å². The molecule has 0 saturated heterocycles. The number of nitrogens with zero attached hydrogens (tertiary/aromatic N) is 3. The predicted octanol–water partition coefficient (Wildman–Crippen LogP) is 0.836. The molecule has 6 nitrogen and oxygen atoms in total. The maximum absolute atomic E-state index is 12.2. The maximum Gasteiger partial charge on any atom is 0.261 e. The summed E-state index contributed by atoms with van der Waals surface area (Å²) in [5.74, 6) is 0. The molecule has 8 heteroatoms. The molecule has 0 aliphatic heterocycles. The average molecular weight is 307 g/mol. The lowest BCUT2D eigenvalue weighted by Crippen LogP contribution is -2.57. The van der Waals surface area contributed by atoms with Crippen molar-refractivity contribution in [3.8, 4) is 0 Å². The molecular weight excluding hydrogens is 288 g/mol.